The van der Waals surface area contributed by atoms with Crippen LogP contribution in [-0.2, 0) is 0 Å². The van der Waals surface area contributed by atoms with Crippen LogP contribution in [0.3, 0.4) is 0 Å². The quantitative estimate of drug-likeness (QED) is 0.794. The number of nitrogens with zero attached hydrogens (tertiary/aromatic N) is 4. The van der Waals surface area contributed by atoms with Crippen molar-refractivity contribution >= 4 is 21.8 Å². The van der Waals surface area contributed by atoms with Gasteiger partial charge < -0.3 is 14.4 Å². The second kappa shape index (κ2) is 7.57. The highest BCUT2D eigenvalue weighted by molar-refractivity contribution is 9.10. The summed E-state index contributed by atoms with van der Waals surface area (Å²) in [4.78, 5) is 26.5. The summed E-state index contributed by atoms with van der Waals surface area (Å²) in [5.74, 6) is 0.480. The van der Waals surface area contributed by atoms with E-state index in [1.165, 1.54) is 7.11 Å². The molecule has 1 aliphatic heterocycles. The summed E-state index contributed by atoms with van der Waals surface area (Å²) >= 11 is 3.34. The maximum Gasteiger partial charge on any atom is 0.319 e. The molecule has 3 heterocycles. The van der Waals surface area contributed by atoms with E-state index in [4.69, 9.17) is 9.47 Å². The van der Waals surface area contributed by atoms with E-state index in [2.05, 4.69) is 30.9 Å². The van der Waals surface area contributed by atoms with Crippen LogP contribution >= 0.6 is 15.9 Å². The first-order valence-electron chi connectivity index (χ1n) is 7.59. The number of methoxy groups -OCH3 is 1. The van der Waals surface area contributed by atoms with E-state index < -0.39 is 0 Å². The molecule has 0 aliphatic carbocycles. The Bertz CT molecular complexity index is 720. The molecule has 2 aromatic rings. The van der Waals surface area contributed by atoms with Crippen molar-refractivity contribution in [3.63, 3.8) is 0 Å². The zero-order valence-electron chi connectivity index (χ0n) is 13.2. The van der Waals surface area contributed by atoms with Gasteiger partial charge in [-0.25, -0.2) is 4.98 Å². The molecule has 8 heteroatoms. The molecule has 24 heavy (non-hydrogen) atoms. The molecule has 1 aliphatic rings. The van der Waals surface area contributed by atoms with Gasteiger partial charge in [-0.2, -0.15) is 4.98 Å². The average Bonchev–Trinajstić information content (AvgIpc) is 2.62. The number of ether oxygens (including phenoxy) is 2. The molecule has 1 saturated heterocycles. The normalized spacial score (nSPS) is 15.2. The van der Waals surface area contributed by atoms with E-state index >= 15 is 0 Å². The summed E-state index contributed by atoms with van der Waals surface area (Å²) in [5, 5.41) is 0. The molecule has 0 bridgehead atoms. The third-order valence-corrected chi connectivity index (χ3v) is 4.19. The number of hydrogen-bond acceptors (Lipinski definition) is 6. The Kier molecular flexibility index (Phi) is 5.24. The molecule has 0 radical (unpaired) electrons. The summed E-state index contributed by atoms with van der Waals surface area (Å²) in [6, 6.07) is 3.76. The van der Waals surface area contributed by atoms with Crippen LogP contribution in [0.2, 0.25) is 0 Å². The first-order chi connectivity index (χ1) is 11.7. The molecule has 0 saturated carbocycles. The topological polar surface area (TPSA) is 77.4 Å². The first kappa shape index (κ1) is 16.6. The Labute approximate surface area is 148 Å². The highest BCUT2D eigenvalue weighted by Gasteiger charge is 2.25. The SMILES string of the molecule is COc1nccc(OC2CCN(C(=O)c3cncc(Br)c3)CC2)n1. The predicted octanol–water partition coefficient (Wildman–Crippen LogP) is 2.33. The summed E-state index contributed by atoms with van der Waals surface area (Å²) in [6.07, 6.45) is 6.36. The fraction of sp³-hybridized carbons (Fsp3) is 0.375. The fourth-order valence-electron chi connectivity index (χ4n) is 2.55. The number of amides is 1. The van der Waals surface area contributed by atoms with E-state index in [-0.39, 0.29) is 18.0 Å². The van der Waals surface area contributed by atoms with Crippen molar-refractivity contribution in [1.82, 2.24) is 19.9 Å². The molecule has 0 aromatic carbocycles. The van der Waals surface area contributed by atoms with E-state index in [1.807, 2.05) is 4.90 Å². The van der Waals surface area contributed by atoms with Crippen LogP contribution in [0.15, 0.2) is 35.2 Å². The molecule has 3 rings (SSSR count). The number of piperidine rings is 1. The van der Waals surface area contributed by atoms with Crippen molar-refractivity contribution in [3.8, 4) is 11.9 Å². The summed E-state index contributed by atoms with van der Waals surface area (Å²) in [6.45, 7) is 1.27. The van der Waals surface area contributed by atoms with Gasteiger partial charge >= 0.3 is 6.01 Å². The number of hydrogen-bond donors (Lipinski definition) is 0. The fourth-order valence-corrected chi connectivity index (χ4v) is 2.91. The predicted molar refractivity (Wildman–Crippen MR) is 90.1 cm³/mol. The minimum atomic E-state index is -0.00837. The monoisotopic (exact) mass is 392 g/mol. The van der Waals surface area contributed by atoms with E-state index in [1.54, 1.807) is 30.7 Å². The molecular weight excluding hydrogens is 376 g/mol. The Morgan fingerprint density at radius 2 is 2.12 bits per heavy atom. The van der Waals surface area contributed by atoms with Gasteiger partial charge in [0.05, 0.1) is 12.7 Å². The Hall–Kier alpha value is -2.22. The Morgan fingerprint density at radius 3 is 2.83 bits per heavy atom. The van der Waals surface area contributed by atoms with Crippen molar-refractivity contribution < 1.29 is 14.3 Å². The lowest BCUT2D eigenvalue weighted by Crippen LogP contribution is -2.41. The number of likely N-dealkylation sites (tertiary alicyclic amines) is 1. The molecule has 0 unspecified atom stereocenters. The van der Waals surface area contributed by atoms with Crippen LogP contribution in [0.1, 0.15) is 23.2 Å². The van der Waals surface area contributed by atoms with Gasteiger partial charge in [0, 0.05) is 55.1 Å². The summed E-state index contributed by atoms with van der Waals surface area (Å²) in [5.41, 5.74) is 0.587. The number of halogens is 1. The van der Waals surface area contributed by atoms with Gasteiger partial charge in [-0.15, -0.1) is 0 Å². The smallest absolute Gasteiger partial charge is 0.319 e. The van der Waals surface area contributed by atoms with Crippen LogP contribution in [-0.4, -0.2) is 52.1 Å². The van der Waals surface area contributed by atoms with Crippen LogP contribution in [0, 0.1) is 0 Å². The number of rotatable bonds is 4. The van der Waals surface area contributed by atoms with Gasteiger partial charge in [-0.3, -0.25) is 9.78 Å². The minimum Gasteiger partial charge on any atom is -0.474 e. The largest absolute Gasteiger partial charge is 0.474 e. The van der Waals surface area contributed by atoms with Crippen molar-refractivity contribution in [1.29, 1.82) is 0 Å². The Morgan fingerprint density at radius 1 is 1.33 bits per heavy atom. The van der Waals surface area contributed by atoms with Gasteiger partial charge in [0.2, 0.25) is 5.88 Å². The van der Waals surface area contributed by atoms with E-state index in [9.17, 15) is 4.79 Å². The maximum atomic E-state index is 12.5. The zero-order valence-corrected chi connectivity index (χ0v) is 14.8. The van der Waals surface area contributed by atoms with E-state index in [0.29, 0.717) is 24.5 Å². The van der Waals surface area contributed by atoms with Gasteiger partial charge in [0.1, 0.15) is 6.10 Å². The first-order valence-corrected chi connectivity index (χ1v) is 8.38. The second-order valence-electron chi connectivity index (χ2n) is 5.38. The average molecular weight is 393 g/mol. The Balaban J connectivity index is 1.56. The molecular formula is C16H17BrN4O3. The lowest BCUT2D eigenvalue weighted by molar-refractivity contribution is 0.0586. The number of carbonyl (C=O) groups is 1. The van der Waals surface area contributed by atoms with Gasteiger partial charge in [-0.05, 0) is 22.0 Å². The maximum absolute atomic E-state index is 12.5. The van der Waals surface area contributed by atoms with E-state index in [0.717, 1.165) is 17.3 Å². The van der Waals surface area contributed by atoms with Crippen molar-refractivity contribution in [2.45, 2.75) is 18.9 Å². The zero-order chi connectivity index (χ0) is 16.9. The van der Waals surface area contributed by atoms with Crippen molar-refractivity contribution in [2.24, 2.45) is 0 Å². The van der Waals surface area contributed by atoms with Crippen molar-refractivity contribution in [2.75, 3.05) is 20.2 Å². The minimum absolute atomic E-state index is 0.00837. The molecule has 0 N–H and O–H groups in total. The lowest BCUT2D eigenvalue weighted by atomic mass is 10.1. The third kappa shape index (κ3) is 4.00. The van der Waals surface area contributed by atoms with Crippen LogP contribution in [0.4, 0.5) is 0 Å². The number of pyridine rings is 1. The van der Waals surface area contributed by atoms with Gasteiger partial charge in [-0.1, -0.05) is 0 Å². The third-order valence-electron chi connectivity index (χ3n) is 3.76. The highest BCUT2D eigenvalue weighted by atomic mass is 79.9. The lowest BCUT2D eigenvalue weighted by Gasteiger charge is -2.31. The van der Waals surface area contributed by atoms with Gasteiger partial charge in [0.25, 0.3) is 5.91 Å². The number of aromatic nitrogens is 3. The van der Waals surface area contributed by atoms with Crippen LogP contribution < -0.4 is 9.47 Å². The molecule has 126 valence electrons. The molecule has 7 nitrogen and oxygen atoms in total. The summed E-state index contributed by atoms with van der Waals surface area (Å²) < 4.78 is 11.6. The number of carbonyl (C=O) groups excluding carboxylic acids is 1. The molecule has 1 amide bonds. The summed E-state index contributed by atoms with van der Waals surface area (Å²) in [7, 11) is 1.51. The molecule has 0 spiro atoms. The molecule has 2 aromatic heterocycles. The standard InChI is InChI=1S/C16H17BrN4O3/c1-23-16-19-5-2-14(20-16)24-13-3-6-21(7-4-13)15(22)11-8-12(17)10-18-9-11/h2,5,8-10,13H,3-4,6-7H2,1H3. The molecule has 0 atom stereocenters. The molecule has 1 fully saturated rings. The van der Waals surface area contributed by atoms with Crippen LogP contribution in [0.5, 0.6) is 11.9 Å². The van der Waals surface area contributed by atoms with Crippen molar-refractivity contribution in [3.05, 3.63) is 40.8 Å². The van der Waals surface area contributed by atoms with Crippen LogP contribution in [0.25, 0.3) is 0 Å². The highest BCUT2D eigenvalue weighted by Crippen LogP contribution is 2.20. The second-order valence-corrected chi connectivity index (χ2v) is 6.30. The van der Waals surface area contributed by atoms with Gasteiger partial charge in [0.15, 0.2) is 0 Å².